The first-order valence-corrected chi connectivity index (χ1v) is 11.0. The van der Waals surface area contributed by atoms with Crippen LogP contribution in [0.2, 0.25) is 0 Å². The Morgan fingerprint density at radius 2 is 1.39 bits per heavy atom. The van der Waals surface area contributed by atoms with Crippen molar-refractivity contribution in [1.29, 1.82) is 0 Å². The highest BCUT2D eigenvalue weighted by atomic mass is 16.5. The highest BCUT2D eigenvalue weighted by Gasteiger charge is 2.35. The van der Waals surface area contributed by atoms with E-state index in [0.29, 0.717) is 6.73 Å². The van der Waals surface area contributed by atoms with Gasteiger partial charge in [0.1, 0.15) is 17.5 Å². The Kier molecular flexibility index (Phi) is 5.98. The molecular formula is C29H25N2O2+. The highest BCUT2D eigenvalue weighted by molar-refractivity contribution is 5.84. The summed E-state index contributed by atoms with van der Waals surface area (Å²) in [6, 6.07) is 35.6. The maximum absolute atomic E-state index is 10.5. The summed E-state index contributed by atoms with van der Waals surface area (Å²) in [6.45, 7) is 0.303. The zero-order valence-corrected chi connectivity index (χ0v) is 18.2. The number of benzene rings is 4. The molecule has 1 aliphatic rings. The number of aromatic hydroxyl groups is 1. The summed E-state index contributed by atoms with van der Waals surface area (Å²) in [6.07, 6.45) is 3.87. The standard InChI is InChI=1S/C29H24N2O2/c32-26-17-9-7-16-25(26)20-31-21-33-27-18-10-8-15-24(27)19-30-28(22-11-3-1-4-12-22)29(31)23-13-5-2-6-14-23/h1-20,28-29H,21H2/p+1. The van der Waals surface area contributed by atoms with Gasteiger partial charge in [0.05, 0.1) is 5.56 Å². The van der Waals surface area contributed by atoms with Crippen LogP contribution in [0.1, 0.15) is 34.3 Å². The fourth-order valence-electron chi connectivity index (χ4n) is 4.20. The number of ether oxygens (including phenoxy) is 1. The van der Waals surface area contributed by atoms with Crippen LogP contribution in [0.3, 0.4) is 0 Å². The molecule has 162 valence electrons. The van der Waals surface area contributed by atoms with E-state index in [2.05, 4.69) is 28.8 Å². The van der Waals surface area contributed by atoms with Crippen molar-refractivity contribution >= 4 is 12.4 Å². The van der Waals surface area contributed by atoms with Gasteiger partial charge in [0.25, 0.3) is 6.73 Å². The summed E-state index contributed by atoms with van der Waals surface area (Å²) in [5.41, 5.74) is 3.89. The lowest BCUT2D eigenvalue weighted by Crippen LogP contribution is -2.29. The van der Waals surface area contributed by atoms with Gasteiger partial charge in [0.15, 0.2) is 6.21 Å². The summed E-state index contributed by atoms with van der Waals surface area (Å²) in [5.74, 6) is 1.00. The van der Waals surface area contributed by atoms with Crippen LogP contribution in [-0.4, -0.2) is 28.8 Å². The van der Waals surface area contributed by atoms with Crippen LogP contribution >= 0.6 is 0 Å². The van der Waals surface area contributed by atoms with Gasteiger partial charge in [-0.05, 0) is 29.8 Å². The molecule has 33 heavy (non-hydrogen) atoms. The smallest absolute Gasteiger partial charge is 0.287 e. The molecule has 0 radical (unpaired) electrons. The van der Waals surface area contributed by atoms with Crippen molar-refractivity contribution in [3.63, 3.8) is 0 Å². The van der Waals surface area contributed by atoms with E-state index in [1.165, 1.54) is 0 Å². The van der Waals surface area contributed by atoms with Gasteiger partial charge in [-0.3, -0.25) is 4.99 Å². The van der Waals surface area contributed by atoms with E-state index in [9.17, 15) is 5.11 Å². The molecule has 0 saturated heterocycles. The normalized spacial score (nSPS) is 19.1. The number of hydrogen-bond acceptors (Lipinski definition) is 3. The summed E-state index contributed by atoms with van der Waals surface area (Å²) >= 11 is 0. The first-order valence-electron chi connectivity index (χ1n) is 11.0. The molecule has 2 unspecified atom stereocenters. The van der Waals surface area contributed by atoms with Gasteiger partial charge in [-0.25, -0.2) is 0 Å². The fraction of sp³-hybridized carbons (Fsp3) is 0.103. The van der Waals surface area contributed by atoms with Crippen molar-refractivity contribution in [3.05, 3.63) is 131 Å². The molecule has 0 spiro atoms. The predicted octanol–water partition coefficient (Wildman–Crippen LogP) is 5.78. The van der Waals surface area contributed by atoms with E-state index in [1.807, 2.05) is 91.3 Å². The van der Waals surface area contributed by atoms with Gasteiger partial charge in [-0.15, -0.1) is 0 Å². The summed E-state index contributed by atoms with van der Waals surface area (Å²) in [4.78, 5) is 5.10. The van der Waals surface area contributed by atoms with Crippen LogP contribution in [0.4, 0.5) is 0 Å². The van der Waals surface area contributed by atoms with E-state index < -0.39 is 0 Å². The molecule has 2 atom stereocenters. The van der Waals surface area contributed by atoms with Crippen LogP contribution in [-0.2, 0) is 0 Å². The highest BCUT2D eigenvalue weighted by Crippen LogP contribution is 2.36. The third-order valence-electron chi connectivity index (χ3n) is 5.84. The first-order chi connectivity index (χ1) is 16.3. The lowest BCUT2D eigenvalue weighted by atomic mass is 9.93. The number of phenolic OH excluding ortho intramolecular Hbond substituents is 1. The van der Waals surface area contributed by atoms with Crippen molar-refractivity contribution < 1.29 is 14.4 Å². The zero-order chi connectivity index (χ0) is 22.5. The van der Waals surface area contributed by atoms with Gasteiger partial charge in [0.2, 0.25) is 6.04 Å². The molecule has 4 aromatic rings. The minimum Gasteiger partial charge on any atom is -0.507 e. The fourth-order valence-corrected chi connectivity index (χ4v) is 4.20. The first kappa shape index (κ1) is 20.7. The molecule has 1 aliphatic heterocycles. The van der Waals surface area contributed by atoms with Crippen molar-refractivity contribution in [2.75, 3.05) is 6.73 Å². The molecule has 1 N–H and O–H groups in total. The molecule has 4 heteroatoms. The molecule has 0 bridgehead atoms. The largest absolute Gasteiger partial charge is 0.507 e. The van der Waals surface area contributed by atoms with E-state index in [0.717, 1.165) is 28.0 Å². The maximum atomic E-state index is 10.5. The van der Waals surface area contributed by atoms with Crippen LogP contribution in [0, 0.1) is 0 Å². The Bertz CT molecular complexity index is 1280. The summed E-state index contributed by atoms with van der Waals surface area (Å²) in [7, 11) is 0. The number of nitrogens with zero attached hydrogens (tertiary/aromatic N) is 2. The number of fused-ring (bicyclic) bond motifs is 1. The van der Waals surface area contributed by atoms with Gasteiger partial charge < -0.3 is 9.84 Å². The van der Waals surface area contributed by atoms with E-state index in [-0.39, 0.29) is 17.8 Å². The molecule has 0 amide bonds. The lowest BCUT2D eigenvalue weighted by molar-refractivity contribution is -0.598. The van der Waals surface area contributed by atoms with Crippen molar-refractivity contribution in [2.45, 2.75) is 12.1 Å². The van der Waals surface area contributed by atoms with Gasteiger partial charge >= 0.3 is 0 Å². The minimum atomic E-state index is -0.189. The Morgan fingerprint density at radius 1 is 0.758 bits per heavy atom. The van der Waals surface area contributed by atoms with Crippen LogP contribution < -0.4 is 4.74 Å². The summed E-state index contributed by atoms with van der Waals surface area (Å²) in [5, 5.41) is 10.5. The van der Waals surface area contributed by atoms with E-state index in [1.54, 1.807) is 6.07 Å². The lowest BCUT2D eigenvalue weighted by Gasteiger charge is -2.23. The molecule has 0 aliphatic carbocycles. The average Bonchev–Trinajstić information content (AvgIpc) is 2.94. The van der Waals surface area contributed by atoms with E-state index in [4.69, 9.17) is 9.73 Å². The predicted molar refractivity (Wildman–Crippen MR) is 131 cm³/mol. The number of para-hydroxylation sites is 2. The molecule has 4 nitrogen and oxygen atoms in total. The number of hydrogen-bond donors (Lipinski definition) is 1. The Balaban J connectivity index is 1.73. The topological polar surface area (TPSA) is 44.8 Å². The molecule has 4 aromatic carbocycles. The Morgan fingerprint density at radius 3 is 2.15 bits per heavy atom. The molecule has 0 saturated carbocycles. The maximum Gasteiger partial charge on any atom is 0.287 e. The van der Waals surface area contributed by atoms with Crippen molar-refractivity contribution in [3.8, 4) is 11.5 Å². The van der Waals surface area contributed by atoms with Crippen molar-refractivity contribution in [1.82, 2.24) is 0 Å². The van der Waals surface area contributed by atoms with Gasteiger partial charge in [-0.2, -0.15) is 4.58 Å². The molecule has 0 fully saturated rings. The van der Waals surface area contributed by atoms with Crippen molar-refractivity contribution in [2.24, 2.45) is 4.99 Å². The van der Waals surface area contributed by atoms with Gasteiger partial charge in [0, 0.05) is 17.3 Å². The van der Waals surface area contributed by atoms with Crippen LogP contribution in [0.5, 0.6) is 11.5 Å². The third kappa shape index (κ3) is 4.55. The Labute approximate surface area is 193 Å². The molecule has 0 aromatic heterocycles. The number of rotatable bonds is 3. The quantitative estimate of drug-likeness (QED) is 0.417. The molecule has 5 rings (SSSR count). The second-order valence-electron chi connectivity index (χ2n) is 8.00. The third-order valence-corrected chi connectivity index (χ3v) is 5.84. The molecule has 1 heterocycles. The monoisotopic (exact) mass is 433 g/mol. The minimum absolute atomic E-state index is 0.154. The molecular weight excluding hydrogens is 408 g/mol. The second-order valence-corrected chi connectivity index (χ2v) is 8.00. The number of aliphatic imine (C=N–C) groups is 1. The second kappa shape index (κ2) is 9.53. The van der Waals surface area contributed by atoms with Gasteiger partial charge in [-0.1, -0.05) is 84.9 Å². The van der Waals surface area contributed by atoms with Crippen LogP contribution in [0.15, 0.2) is 114 Å². The Hall–Kier alpha value is -4.18. The average molecular weight is 434 g/mol. The zero-order valence-electron chi connectivity index (χ0n) is 18.2. The number of phenols is 1. The SMILES string of the molecule is Oc1ccccc1/C=[N+]1\COc2ccccc2C=NC(c2ccccc2)C1c1ccccc1. The van der Waals surface area contributed by atoms with Crippen LogP contribution in [0.25, 0.3) is 0 Å². The summed E-state index contributed by atoms with van der Waals surface area (Å²) < 4.78 is 8.42. The van der Waals surface area contributed by atoms with E-state index >= 15 is 0 Å².